The summed E-state index contributed by atoms with van der Waals surface area (Å²) in [6.45, 7) is 8.37. The first-order chi connectivity index (χ1) is 9.11. The van der Waals surface area contributed by atoms with Gasteiger partial charge in [0.25, 0.3) is 0 Å². The lowest BCUT2D eigenvalue weighted by Gasteiger charge is -2.07. The molecule has 0 unspecified atom stereocenters. The first-order valence-corrected chi connectivity index (χ1v) is 6.84. The average molecular weight is 279 g/mol. The first-order valence-electron chi connectivity index (χ1n) is 6.46. The van der Waals surface area contributed by atoms with Gasteiger partial charge in [-0.3, -0.25) is 9.67 Å². The van der Waals surface area contributed by atoms with Crippen LogP contribution in [0.15, 0.2) is 18.2 Å². The van der Waals surface area contributed by atoms with E-state index in [2.05, 4.69) is 22.3 Å². The Morgan fingerprint density at radius 3 is 2.63 bits per heavy atom. The largest absolute Gasteiger partial charge is 0.311 e. The zero-order valence-corrected chi connectivity index (χ0v) is 12.3. The van der Waals surface area contributed by atoms with Gasteiger partial charge in [-0.15, -0.1) is 0 Å². The standard InChI is InChI=1S/C14H19ClN4/c1-4-16-8-12-6-5-7-13(17-12)9-19-11(3)14(15)10(2)18-19/h5-7,16H,4,8-9H2,1-3H3. The summed E-state index contributed by atoms with van der Waals surface area (Å²) < 4.78 is 1.90. The number of pyridine rings is 1. The van der Waals surface area contributed by atoms with Gasteiger partial charge in [-0.1, -0.05) is 24.6 Å². The van der Waals surface area contributed by atoms with Crippen molar-refractivity contribution >= 4 is 11.6 Å². The Morgan fingerprint density at radius 2 is 2.00 bits per heavy atom. The van der Waals surface area contributed by atoms with E-state index in [0.717, 1.165) is 40.9 Å². The fourth-order valence-electron chi connectivity index (χ4n) is 1.95. The molecule has 102 valence electrons. The summed E-state index contributed by atoms with van der Waals surface area (Å²) in [6, 6.07) is 6.07. The van der Waals surface area contributed by atoms with Gasteiger partial charge < -0.3 is 5.32 Å². The summed E-state index contributed by atoms with van der Waals surface area (Å²) in [6.07, 6.45) is 0. The predicted octanol–water partition coefficient (Wildman–Crippen LogP) is 2.71. The maximum absolute atomic E-state index is 6.15. The van der Waals surface area contributed by atoms with Gasteiger partial charge in [0, 0.05) is 6.54 Å². The van der Waals surface area contributed by atoms with Crippen LogP contribution in [-0.2, 0) is 13.1 Å². The minimum Gasteiger partial charge on any atom is -0.311 e. The van der Waals surface area contributed by atoms with E-state index in [0.29, 0.717) is 6.54 Å². The van der Waals surface area contributed by atoms with Gasteiger partial charge >= 0.3 is 0 Å². The van der Waals surface area contributed by atoms with Crippen molar-refractivity contribution in [1.29, 1.82) is 0 Å². The van der Waals surface area contributed by atoms with Crippen molar-refractivity contribution in [2.24, 2.45) is 0 Å². The molecule has 0 aromatic carbocycles. The van der Waals surface area contributed by atoms with Crippen LogP contribution in [0, 0.1) is 13.8 Å². The van der Waals surface area contributed by atoms with Crippen molar-refractivity contribution in [1.82, 2.24) is 20.1 Å². The molecule has 0 saturated carbocycles. The van der Waals surface area contributed by atoms with Crippen molar-refractivity contribution in [2.75, 3.05) is 6.54 Å². The fraction of sp³-hybridized carbons (Fsp3) is 0.429. The molecule has 2 aromatic rings. The van der Waals surface area contributed by atoms with E-state index in [1.165, 1.54) is 0 Å². The zero-order valence-electron chi connectivity index (χ0n) is 11.6. The van der Waals surface area contributed by atoms with Crippen LogP contribution in [0.5, 0.6) is 0 Å². The molecule has 1 N–H and O–H groups in total. The first kappa shape index (κ1) is 14.0. The molecule has 0 aliphatic heterocycles. The number of halogens is 1. The number of hydrogen-bond donors (Lipinski definition) is 1. The van der Waals surface area contributed by atoms with Crippen LogP contribution >= 0.6 is 11.6 Å². The lowest BCUT2D eigenvalue weighted by molar-refractivity contribution is 0.638. The molecule has 0 radical (unpaired) electrons. The molecule has 0 aliphatic rings. The molecule has 0 aliphatic carbocycles. The minimum atomic E-state index is 0.652. The van der Waals surface area contributed by atoms with Crippen molar-refractivity contribution in [3.8, 4) is 0 Å². The number of rotatable bonds is 5. The van der Waals surface area contributed by atoms with Crippen LogP contribution in [0.3, 0.4) is 0 Å². The summed E-state index contributed by atoms with van der Waals surface area (Å²) in [5, 5.41) is 8.44. The molecule has 4 nitrogen and oxygen atoms in total. The van der Waals surface area contributed by atoms with Gasteiger partial charge in [0.2, 0.25) is 0 Å². The normalized spacial score (nSPS) is 10.9. The quantitative estimate of drug-likeness (QED) is 0.914. The number of aryl methyl sites for hydroxylation is 1. The number of nitrogens with zero attached hydrogens (tertiary/aromatic N) is 3. The van der Waals surface area contributed by atoms with Gasteiger partial charge in [0.05, 0.1) is 34.3 Å². The van der Waals surface area contributed by atoms with E-state index < -0.39 is 0 Å². The van der Waals surface area contributed by atoms with Crippen LogP contribution in [0.2, 0.25) is 5.02 Å². The Balaban J connectivity index is 2.16. The summed E-state index contributed by atoms with van der Waals surface area (Å²) in [7, 11) is 0. The Hall–Kier alpha value is -1.39. The molecule has 2 heterocycles. The zero-order chi connectivity index (χ0) is 13.8. The highest BCUT2D eigenvalue weighted by Crippen LogP contribution is 2.19. The molecule has 0 bridgehead atoms. The van der Waals surface area contributed by atoms with Crippen LogP contribution < -0.4 is 5.32 Å². The fourth-order valence-corrected chi connectivity index (χ4v) is 2.09. The number of nitrogens with one attached hydrogen (secondary N) is 1. The van der Waals surface area contributed by atoms with Crippen molar-refractivity contribution in [2.45, 2.75) is 33.9 Å². The Kier molecular flexibility index (Phi) is 4.56. The third-order valence-electron chi connectivity index (χ3n) is 3.03. The topological polar surface area (TPSA) is 42.7 Å². The summed E-state index contributed by atoms with van der Waals surface area (Å²) >= 11 is 6.15. The SMILES string of the molecule is CCNCc1cccc(Cn2nc(C)c(Cl)c2C)n1. The highest BCUT2D eigenvalue weighted by Gasteiger charge is 2.09. The molecule has 0 spiro atoms. The second kappa shape index (κ2) is 6.17. The van der Waals surface area contributed by atoms with Crippen molar-refractivity contribution in [3.05, 3.63) is 46.0 Å². The van der Waals surface area contributed by atoms with E-state index in [1.807, 2.05) is 36.7 Å². The molecular weight excluding hydrogens is 260 g/mol. The highest BCUT2D eigenvalue weighted by molar-refractivity contribution is 6.31. The molecule has 19 heavy (non-hydrogen) atoms. The molecule has 5 heteroatoms. The van der Waals surface area contributed by atoms with Gasteiger partial charge in [0.15, 0.2) is 0 Å². The molecule has 0 fully saturated rings. The van der Waals surface area contributed by atoms with Crippen LogP contribution in [0.1, 0.15) is 29.7 Å². The number of hydrogen-bond acceptors (Lipinski definition) is 3. The van der Waals surface area contributed by atoms with E-state index in [-0.39, 0.29) is 0 Å². The molecule has 2 aromatic heterocycles. The monoisotopic (exact) mass is 278 g/mol. The molecule has 2 rings (SSSR count). The predicted molar refractivity (Wildman–Crippen MR) is 77.4 cm³/mol. The Bertz CT molecular complexity index is 563. The lowest BCUT2D eigenvalue weighted by atomic mass is 10.3. The third kappa shape index (κ3) is 3.33. The van der Waals surface area contributed by atoms with Crippen molar-refractivity contribution in [3.63, 3.8) is 0 Å². The van der Waals surface area contributed by atoms with E-state index in [4.69, 9.17) is 11.6 Å². The molecule has 0 atom stereocenters. The maximum atomic E-state index is 6.15. The Labute approximate surface area is 118 Å². The summed E-state index contributed by atoms with van der Waals surface area (Å²) in [5.41, 5.74) is 3.89. The van der Waals surface area contributed by atoms with Gasteiger partial charge in [-0.05, 0) is 32.5 Å². The maximum Gasteiger partial charge on any atom is 0.0844 e. The van der Waals surface area contributed by atoms with Gasteiger partial charge in [-0.25, -0.2) is 0 Å². The van der Waals surface area contributed by atoms with Gasteiger partial charge in [-0.2, -0.15) is 5.10 Å². The second-order valence-electron chi connectivity index (χ2n) is 4.54. The van der Waals surface area contributed by atoms with Crippen LogP contribution in [-0.4, -0.2) is 21.3 Å². The van der Waals surface area contributed by atoms with Gasteiger partial charge in [0.1, 0.15) is 0 Å². The smallest absolute Gasteiger partial charge is 0.0844 e. The Morgan fingerprint density at radius 1 is 1.26 bits per heavy atom. The summed E-state index contributed by atoms with van der Waals surface area (Å²) in [4.78, 5) is 4.62. The average Bonchev–Trinajstić information content (AvgIpc) is 2.64. The minimum absolute atomic E-state index is 0.652. The second-order valence-corrected chi connectivity index (χ2v) is 4.92. The highest BCUT2D eigenvalue weighted by atomic mass is 35.5. The third-order valence-corrected chi connectivity index (χ3v) is 3.57. The van der Waals surface area contributed by atoms with E-state index >= 15 is 0 Å². The van der Waals surface area contributed by atoms with Crippen LogP contribution in [0.4, 0.5) is 0 Å². The molecule has 0 saturated heterocycles. The molecular formula is C14H19ClN4. The lowest BCUT2D eigenvalue weighted by Crippen LogP contribution is -2.14. The van der Waals surface area contributed by atoms with E-state index in [1.54, 1.807) is 0 Å². The van der Waals surface area contributed by atoms with E-state index in [9.17, 15) is 0 Å². The number of aromatic nitrogens is 3. The van der Waals surface area contributed by atoms with Crippen molar-refractivity contribution < 1.29 is 0 Å². The molecule has 0 amide bonds. The van der Waals surface area contributed by atoms with Crippen LogP contribution in [0.25, 0.3) is 0 Å². The summed E-state index contributed by atoms with van der Waals surface area (Å²) in [5.74, 6) is 0.